The number of nitrogens with zero attached hydrogens (tertiary/aromatic N) is 5. The number of methoxy groups -OCH3 is 1. The fraction of sp³-hybridized carbons (Fsp3) is 0.423. The van der Waals surface area contributed by atoms with Gasteiger partial charge >= 0.3 is 0 Å². The summed E-state index contributed by atoms with van der Waals surface area (Å²) >= 11 is 0. The summed E-state index contributed by atoms with van der Waals surface area (Å²) in [5.41, 5.74) is 2.37. The van der Waals surface area contributed by atoms with E-state index in [0.29, 0.717) is 65.2 Å². The number of fused-ring (bicyclic) bond motifs is 1. The van der Waals surface area contributed by atoms with Gasteiger partial charge in [0.1, 0.15) is 5.52 Å². The van der Waals surface area contributed by atoms with Crippen LogP contribution in [-0.2, 0) is 11.3 Å². The molecule has 0 unspecified atom stereocenters. The van der Waals surface area contributed by atoms with Crippen molar-refractivity contribution in [1.82, 2.24) is 19.4 Å². The number of rotatable bonds is 8. The number of likely N-dealkylation sites (tertiary alicyclic amines) is 1. The van der Waals surface area contributed by atoms with E-state index >= 15 is 0 Å². The molecular formula is C26H30N6O3. The first kappa shape index (κ1) is 24.4. The van der Waals surface area contributed by atoms with Gasteiger partial charge in [0.25, 0.3) is 11.8 Å². The minimum atomic E-state index is -0.376. The number of carbonyl (C=O) groups excluding carboxylic acids is 2. The highest BCUT2D eigenvalue weighted by Gasteiger charge is 2.29. The van der Waals surface area contributed by atoms with Gasteiger partial charge in [0, 0.05) is 45.1 Å². The molecule has 2 aromatic heterocycles. The lowest BCUT2D eigenvalue weighted by Crippen LogP contribution is -2.29. The van der Waals surface area contributed by atoms with Crippen LogP contribution >= 0.6 is 0 Å². The van der Waals surface area contributed by atoms with Crippen LogP contribution in [0.25, 0.3) is 11.2 Å². The maximum atomic E-state index is 13.1. The van der Waals surface area contributed by atoms with Gasteiger partial charge in [-0.15, -0.1) is 0 Å². The number of aryl methyl sites for hydroxylation is 1. The Morgan fingerprint density at radius 1 is 1.29 bits per heavy atom. The van der Waals surface area contributed by atoms with Crippen molar-refractivity contribution in [3.63, 3.8) is 0 Å². The molecule has 0 aliphatic carbocycles. The number of hydrogen-bond acceptors (Lipinski definition) is 6. The van der Waals surface area contributed by atoms with Gasteiger partial charge in [-0.25, -0.2) is 9.97 Å². The number of imidazole rings is 1. The van der Waals surface area contributed by atoms with Crippen LogP contribution in [0, 0.1) is 23.2 Å². The molecule has 1 fully saturated rings. The first-order chi connectivity index (χ1) is 16.9. The fourth-order valence-corrected chi connectivity index (χ4v) is 4.40. The van der Waals surface area contributed by atoms with Crippen LogP contribution in [0.3, 0.4) is 0 Å². The zero-order chi connectivity index (χ0) is 24.9. The lowest BCUT2D eigenvalue weighted by molar-refractivity contribution is 0.0783. The van der Waals surface area contributed by atoms with Crippen molar-refractivity contribution >= 4 is 28.9 Å². The molecule has 1 aliphatic rings. The molecule has 9 heteroatoms. The van der Waals surface area contributed by atoms with Crippen molar-refractivity contribution in [3.05, 3.63) is 53.2 Å². The summed E-state index contributed by atoms with van der Waals surface area (Å²) in [6, 6.07) is 10.3. The van der Waals surface area contributed by atoms with E-state index in [4.69, 9.17) is 10.00 Å². The van der Waals surface area contributed by atoms with E-state index in [1.54, 1.807) is 37.6 Å². The van der Waals surface area contributed by atoms with Gasteiger partial charge in [-0.3, -0.25) is 19.5 Å². The predicted octanol–water partition coefficient (Wildman–Crippen LogP) is 3.71. The molecule has 2 amide bonds. The molecule has 0 saturated carbocycles. The molecule has 9 nitrogen and oxygen atoms in total. The molecular weight excluding hydrogens is 444 g/mol. The number of amides is 2. The van der Waals surface area contributed by atoms with Crippen LogP contribution in [0.5, 0.6) is 0 Å². The van der Waals surface area contributed by atoms with E-state index in [2.05, 4.69) is 29.1 Å². The van der Waals surface area contributed by atoms with Crippen LogP contribution in [-0.4, -0.2) is 58.1 Å². The van der Waals surface area contributed by atoms with Gasteiger partial charge in [0.05, 0.1) is 17.2 Å². The van der Waals surface area contributed by atoms with E-state index < -0.39 is 0 Å². The Kier molecular flexibility index (Phi) is 7.42. The Labute approximate surface area is 204 Å². The molecule has 0 bridgehead atoms. The largest absolute Gasteiger partial charge is 0.385 e. The molecule has 1 aromatic carbocycles. The lowest BCUT2D eigenvalue weighted by Gasteiger charge is -2.18. The number of carbonyl (C=O) groups is 2. The van der Waals surface area contributed by atoms with Crippen LogP contribution in [0.1, 0.15) is 53.0 Å². The number of anilines is 1. The average Bonchev–Trinajstić information content (AvgIpc) is 3.49. The summed E-state index contributed by atoms with van der Waals surface area (Å²) in [5, 5.41) is 12.0. The standard InChI is InChI=1S/C26H30N6O3/c1-17(2)20-8-10-31(16-20)25(34)21-13-22-23(28-15-21)32(9-5-11-35-3)26(29-22)30-24(33)19-7-4-6-18(12-19)14-27/h4,6-7,12-13,15,17,20H,5,8-11,16H2,1-3H3,(H,29,30,33)/t20-/m0/s1. The van der Waals surface area contributed by atoms with E-state index in [-0.39, 0.29) is 11.8 Å². The zero-order valence-corrected chi connectivity index (χ0v) is 20.3. The minimum absolute atomic E-state index is 0.0459. The summed E-state index contributed by atoms with van der Waals surface area (Å²) in [4.78, 5) is 37.1. The Hall–Kier alpha value is -3.77. The van der Waals surface area contributed by atoms with Crippen molar-refractivity contribution < 1.29 is 14.3 Å². The van der Waals surface area contributed by atoms with Crippen molar-refractivity contribution in [2.24, 2.45) is 11.8 Å². The van der Waals surface area contributed by atoms with E-state index in [1.165, 1.54) is 6.07 Å². The summed E-state index contributed by atoms with van der Waals surface area (Å²) in [7, 11) is 1.63. The smallest absolute Gasteiger partial charge is 0.258 e. The highest BCUT2D eigenvalue weighted by atomic mass is 16.5. The van der Waals surface area contributed by atoms with E-state index in [9.17, 15) is 9.59 Å². The molecule has 35 heavy (non-hydrogen) atoms. The Balaban J connectivity index is 1.62. The van der Waals surface area contributed by atoms with Gasteiger partial charge in [0.15, 0.2) is 5.65 Å². The number of nitrogens with one attached hydrogen (secondary N) is 1. The number of nitriles is 1. The molecule has 4 rings (SSSR count). The number of ether oxygens (including phenoxy) is 1. The number of aromatic nitrogens is 3. The molecule has 1 N–H and O–H groups in total. The Bertz CT molecular complexity index is 1280. The molecule has 1 aliphatic heterocycles. The second-order valence-corrected chi connectivity index (χ2v) is 9.19. The normalized spacial score (nSPS) is 15.5. The summed E-state index contributed by atoms with van der Waals surface area (Å²) in [6.07, 6.45) is 3.29. The third-order valence-corrected chi connectivity index (χ3v) is 6.50. The number of pyridine rings is 1. The van der Waals surface area contributed by atoms with Crippen LogP contribution in [0.4, 0.5) is 5.95 Å². The predicted molar refractivity (Wildman–Crippen MR) is 132 cm³/mol. The molecule has 3 heterocycles. The minimum Gasteiger partial charge on any atom is -0.385 e. The van der Waals surface area contributed by atoms with Crippen LogP contribution in [0.15, 0.2) is 36.5 Å². The maximum absolute atomic E-state index is 13.1. The third-order valence-electron chi connectivity index (χ3n) is 6.50. The second kappa shape index (κ2) is 10.7. The van der Waals surface area contributed by atoms with Crippen molar-refractivity contribution in [1.29, 1.82) is 5.26 Å². The van der Waals surface area contributed by atoms with Gasteiger partial charge in [0.2, 0.25) is 5.95 Å². The molecule has 0 spiro atoms. The van der Waals surface area contributed by atoms with Gasteiger partial charge < -0.3 is 9.64 Å². The quantitative estimate of drug-likeness (QED) is 0.498. The fourth-order valence-electron chi connectivity index (χ4n) is 4.40. The first-order valence-corrected chi connectivity index (χ1v) is 11.9. The zero-order valence-electron chi connectivity index (χ0n) is 20.3. The van der Waals surface area contributed by atoms with Gasteiger partial charge in [-0.05, 0) is 48.9 Å². The molecule has 1 saturated heterocycles. The molecule has 182 valence electrons. The summed E-state index contributed by atoms with van der Waals surface area (Å²) < 4.78 is 7.00. The summed E-state index contributed by atoms with van der Waals surface area (Å²) in [5.74, 6) is 0.962. The number of hydrogen-bond donors (Lipinski definition) is 1. The van der Waals surface area contributed by atoms with Crippen molar-refractivity contribution in [2.75, 3.05) is 32.1 Å². The molecule has 1 atom stereocenters. The topological polar surface area (TPSA) is 113 Å². The lowest BCUT2D eigenvalue weighted by atomic mass is 9.95. The Morgan fingerprint density at radius 3 is 2.83 bits per heavy atom. The van der Waals surface area contributed by atoms with E-state index in [1.807, 2.05) is 15.5 Å². The van der Waals surface area contributed by atoms with Crippen molar-refractivity contribution in [3.8, 4) is 6.07 Å². The van der Waals surface area contributed by atoms with E-state index in [0.717, 1.165) is 19.5 Å². The van der Waals surface area contributed by atoms with Gasteiger partial charge in [-0.1, -0.05) is 19.9 Å². The monoisotopic (exact) mass is 474 g/mol. The second-order valence-electron chi connectivity index (χ2n) is 9.19. The number of benzene rings is 1. The highest BCUT2D eigenvalue weighted by molar-refractivity contribution is 6.04. The summed E-state index contributed by atoms with van der Waals surface area (Å²) in [6.45, 7) is 6.95. The van der Waals surface area contributed by atoms with Crippen molar-refractivity contribution in [2.45, 2.75) is 33.2 Å². The van der Waals surface area contributed by atoms with Gasteiger partial charge in [-0.2, -0.15) is 5.26 Å². The van der Waals surface area contributed by atoms with Crippen LogP contribution < -0.4 is 5.32 Å². The first-order valence-electron chi connectivity index (χ1n) is 11.9. The highest BCUT2D eigenvalue weighted by Crippen LogP contribution is 2.26. The third kappa shape index (κ3) is 5.33. The van der Waals surface area contributed by atoms with Crippen LogP contribution in [0.2, 0.25) is 0 Å². The molecule has 0 radical (unpaired) electrons. The molecule has 3 aromatic rings. The Morgan fingerprint density at radius 2 is 2.11 bits per heavy atom. The maximum Gasteiger partial charge on any atom is 0.258 e. The SMILES string of the molecule is COCCCn1c(NC(=O)c2cccc(C#N)c2)nc2cc(C(=O)N3CC[C@H](C(C)C)C3)cnc21. The average molecular weight is 475 g/mol.